The molecule has 4 N–H and O–H groups in total. The van der Waals surface area contributed by atoms with Gasteiger partial charge in [-0.3, -0.25) is 19.2 Å². The molecule has 1 aromatic carbocycles. The first kappa shape index (κ1) is 21.4. The molecule has 2 aromatic rings. The van der Waals surface area contributed by atoms with Crippen molar-refractivity contribution >= 4 is 29.8 Å². The monoisotopic (exact) mass is 399 g/mol. The summed E-state index contributed by atoms with van der Waals surface area (Å²) in [5.74, 6) is -2.43. The molecule has 29 heavy (non-hydrogen) atoms. The minimum Gasteiger partial charge on any atom is -0.480 e. The van der Waals surface area contributed by atoms with Gasteiger partial charge in [0.05, 0.1) is 12.8 Å². The second-order valence-electron chi connectivity index (χ2n) is 5.99. The molecule has 0 aliphatic rings. The van der Waals surface area contributed by atoms with Crippen LogP contribution >= 0.6 is 0 Å². The van der Waals surface area contributed by atoms with Gasteiger partial charge >= 0.3 is 5.97 Å². The van der Waals surface area contributed by atoms with E-state index in [4.69, 9.17) is 9.52 Å². The van der Waals surface area contributed by atoms with E-state index >= 15 is 0 Å². The molecule has 9 heteroatoms. The van der Waals surface area contributed by atoms with Gasteiger partial charge in [-0.25, -0.2) is 0 Å². The summed E-state index contributed by atoms with van der Waals surface area (Å²) >= 11 is 0. The summed E-state index contributed by atoms with van der Waals surface area (Å²) in [6.45, 7) is -0.952. The first-order valence-corrected chi connectivity index (χ1v) is 8.76. The Morgan fingerprint density at radius 1 is 1.00 bits per heavy atom. The summed E-state index contributed by atoms with van der Waals surface area (Å²) in [5.41, 5.74) is 0.818. The van der Waals surface area contributed by atoms with Crippen LogP contribution in [-0.4, -0.2) is 47.9 Å². The summed E-state index contributed by atoms with van der Waals surface area (Å²) in [4.78, 5) is 46.7. The highest BCUT2D eigenvalue weighted by atomic mass is 16.4. The van der Waals surface area contributed by atoms with Crippen molar-refractivity contribution in [3.8, 4) is 0 Å². The van der Waals surface area contributed by atoms with Gasteiger partial charge in [0.25, 0.3) is 0 Å². The van der Waals surface area contributed by atoms with Crippen LogP contribution in [0.15, 0.2) is 59.2 Å². The quantitative estimate of drug-likeness (QED) is 0.425. The average molecular weight is 399 g/mol. The predicted octanol–water partition coefficient (Wildman–Crippen LogP) is 0.337. The Bertz CT molecular complexity index is 862. The molecule has 1 atom stereocenters. The van der Waals surface area contributed by atoms with Crippen LogP contribution < -0.4 is 16.0 Å². The van der Waals surface area contributed by atoms with Gasteiger partial charge in [0.2, 0.25) is 17.7 Å². The van der Waals surface area contributed by atoms with Crippen LogP contribution in [0.25, 0.3) is 6.08 Å². The average Bonchev–Trinajstić information content (AvgIpc) is 3.23. The van der Waals surface area contributed by atoms with Crippen LogP contribution in [0.4, 0.5) is 0 Å². The minimum atomic E-state index is -1.19. The number of amides is 3. The van der Waals surface area contributed by atoms with Gasteiger partial charge in [0.1, 0.15) is 18.3 Å². The van der Waals surface area contributed by atoms with Gasteiger partial charge in [-0.1, -0.05) is 30.3 Å². The van der Waals surface area contributed by atoms with Crippen LogP contribution in [0, 0.1) is 0 Å². The van der Waals surface area contributed by atoms with E-state index in [0.717, 1.165) is 5.56 Å². The number of carbonyl (C=O) groups excluding carboxylic acids is 3. The number of benzene rings is 1. The molecule has 152 valence electrons. The maximum absolute atomic E-state index is 12.5. The van der Waals surface area contributed by atoms with Gasteiger partial charge < -0.3 is 25.5 Å². The third kappa shape index (κ3) is 8.12. The Hall–Kier alpha value is -3.88. The van der Waals surface area contributed by atoms with Gasteiger partial charge in [-0.2, -0.15) is 0 Å². The van der Waals surface area contributed by atoms with E-state index in [1.165, 1.54) is 18.4 Å². The molecule has 9 nitrogen and oxygen atoms in total. The molecule has 0 aliphatic carbocycles. The number of hydrogen-bond acceptors (Lipinski definition) is 5. The highest BCUT2D eigenvalue weighted by molar-refractivity contribution is 5.96. The molecule has 0 fully saturated rings. The number of hydrogen-bond donors (Lipinski definition) is 4. The van der Waals surface area contributed by atoms with E-state index in [1.807, 2.05) is 30.3 Å². The zero-order chi connectivity index (χ0) is 21.1. The van der Waals surface area contributed by atoms with E-state index in [9.17, 15) is 19.2 Å². The van der Waals surface area contributed by atoms with Crippen molar-refractivity contribution in [2.45, 2.75) is 12.5 Å². The molecule has 0 bridgehead atoms. The normalized spacial score (nSPS) is 11.6. The fourth-order valence-corrected chi connectivity index (χ4v) is 2.35. The summed E-state index contributed by atoms with van der Waals surface area (Å²) < 4.78 is 5.10. The fourth-order valence-electron chi connectivity index (χ4n) is 2.35. The number of carboxylic acid groups (broad SMARTS) is 1. The van der Waals surface area contributed by atoms with Crippen molar-refractivity contribution in [3.63, 3.8) is 0 Å². The summed E-state index contributed by atoms with van der Waals surface area (Å²) in [7, 11) is 0. The van der Waals surface area contributed by atoms with E-state index in [2.05, 4.69) is 16.0 Å². The molecule has 1 aromatic heterocycles. The number of rotatable bonds is 10. The number of aliphatic carboxylic acids is 1. The Morgan fingerprint density at radius 2 is 1.76 bits per heavy atom. The molecular formula is C20H21N3O6. The van der Waals surface area contributed by atoms with Crippen LogP contribution in [-0.2, 0) is 25.6 Å². The molecule has 0 unspecified atom stereocenters. The van der Waals surface area contributed by atoms with Crippen LogP contribution in [0.3, 0.4) is 0 Å². The molecule has 0 spiro atoms. The van der Waals surface area contributed by atoms with E-state index in [0.29, 0.717) is 5.76 Å². The van der Waals surface area contributed by atoms with Gasteiger partial charge in [-0.15, -0.1) is 0 Å². The third-order valence-corrected chi connectivity index (χ3v) is 3.72. The lowest BCUT2D eigenvalue weighted by Crippen LogP contribution is -2.50. The molecule has 2 rings (SSSR count). The first-order chi connectivity index (χ1) is 13.9. The molecule has 0 saturated heterocycles. The Kier molecular flexibility index (Phi) is 8.18. The second-order valence-corrected chi connectivity index (χ2v) is 5.99. The highest BCUT2D eigenvalue weighted by Crippen LogP contribution is 2.05. The topological polar surface area (TPSA) is 138 Å². The van der Waals surface area contributed by atoms with Crippen LogP contribution in [0.5, 0.6) is 0 Å². The zero-order valence-electron chi connectivity index (χ0n) is 15.5. The van der Waals surface area contributed by atoms with E-state index in [1.54, 1.807) is 12.1 Å². The van der Waals surface area contributed by atoms with Crippen LogP contribution in [0.2, 0.25) is 0 Å². The molecular weight excluding hydrogens is 378 g/mol. The lowest BCUT2D eigenvalue weighted by atomic mass is 10.1. The molecule has 0 radical (unpaired) electrons. The molecule has 3 amide bonds. The predicted molar refractivity (Wildman–Crippen MR) is 103 cm³/mol. The summed E-state index contributed by atoms with van der Waals surface area (Å²) in [5, 5.41) is 15.7. The van der Waals surface area contributed by atoms with Crippen LogP contribution in [0.1, 0.15) is 11.3 Å². The SMILES string of the molecule is O=C(O)CNC(=O)CNC(=O)[C@H](Cc1ccccc1)NC(=O)C=Cc1ccco1. The second kappa shape index (κ2) is 11.1. The van der Waals surface area contributed by atoms with Crippen molar-refractivity contribution < 1.29 is 28.7 Å². The van der Waals surface area contributed by atoms with E-state index < -0.39 is 42.8 Å². The maximum Gasteiger partial charge on any atom is 0.322 e. The van der Waals surface area contributed by atoms with E-state index in [-0.39, 0.29) is 6.42 Å². The van der Waals surface area contributed by atoms with Crippen molar-refractivity contribution in [2.24, 2.45) is 0 Å². The molecule has 0 saturated carbocycles. The van der Waals surface area contributed by atoms with Crippen molar-refractivity contribution in [1.82, 2.24) is 16.0 Å². The lowest BCUT2D eigenvalue weighted by Gasteiger charge is -2.17. The third-order valence-electron chi connectivity index (χ3n) is 3.72. The summed E-state index contributed by atoms with van der Waals surface area (Å²) in [6, 6.07) is 11.5. The zero-order valence-corrected chi connectivity index (χ0v) is 15.5. The number of carbonyl (C=O) groups is 4. The largest absolute Gasteiger partial charge is 0.480 e. The number of furan rings is 1. The standard InChI is InChI=1S/C20H21N3O6/c24-17(9-8-15-7-4-10-29-15)23-16(11-14-5-2-1-3-6-14)20(28)22-12-18(25)21-13-19(26)27/h1-10,16H,11-13H2,(H,21,25)(H,22,28)(H,23,24)(H,26,27)/t16-/m0/s1. The van der Waals surface area contributed by atoms with Crippen molar-refractivity contribution in [3.05, 3.63) is 66.1 Å². The van der Waals surface area contributed by atoms with Gasteiger partial charge in [0.15, 0.2) is 0 Å². The Morgan fingerprint density at radius 3 is 2.41 bits per heavy atom. The first-order valence-electron chi connectivity index (χ1n) is 8.76. The summed E-state index contributed by atoms with van der Waals surface area (Å²) in [6.07, 6.45) is 4.39. The molecule has 0 aliphatic heterocycles. The fraction of sp³-hybridized carbons (Fsp3) is 0.200. The van der Waals surface area contributed by atoms with Gasteiger partial charge in [-0.05, 0) is 23.8 Å². The Labute approximate surface area is 166 Å². The number of carboxylic acids is 1. The lowest BCUT2D eigenvalue weighted by molar-refractivity contribution is -0.137. The number of nitrogens with one attached hydrogen (secondary N) is 3. The van der Waals surface area contributed by atoms with Crippen molar-refractivity contribution in [1.29, 1.82) is 0 Å². The van der Waals surface area contributed by atoms with Crippen molar-refractivity contribution in [2.75, 3.05) is 13.1 Å². The van der Waals surface area contributed by atoms with Gasteiger partial charge in [0, 0.05) is 12.5 Å². The minimum absolute atomic E-state index is 0.212. The smallest absolute Gasteiger partial charge is 0.322 e. The maximum atomic E-state index is 12.5. The highest BCUT2D eigenvalue weighted by Gasteiger charge is 2.21. The molecule has 1 heterocycles. The Balaban J connectivity index is 1.97.